The molecule has 1 heterocycles. The molecule has 0 unspecified atom stereocenters. The monoisotopic (exact) mass is 216 g/mol. The second kappa shape index (κ2) is 4.89. The maximum absolute atomic E-state index is 9.10. The van der Waals surface area contributed by atoms with Gasteiger partial charge >= 0.3 is 0 Å². The van der Waals surface area contributed by atoms with Gasteiger partial charge in [0.2, 0.25) is 0 Å². The van der Waals surface area contributed by atoms with E-state index in [4.69, 9.17) is 10.00 Å². The Hall–Kier alpha value is -1.69. The molecule has 0 aliphatic carbocycles. The van der Waals surface area contributed by atoms with Gasteiger partial charge in [-0.15, -0.1) is 0 Å². The van der Waals surface area contributed by atoms with E-state index >= 15 is 0 Å². The number of methoxy groups -OCH3 is 1. The van der Waals surface area contributed by atoms with E-state index in [1.807, 2.05) is 18.2 Å². The van der Waals surface area contributed by atoms with Gasteiger partial charge in [0.1, 0.15) is 11.8 Å². The average molecular weight is 216 g/mol. The molecular weight excluding hydrogens is 200 g/mol. The Morgan fingerprint density at radius 3 is 2.62 bits per heavy atom. The summed E-state index contributed by atoms with van der Waals surface area (Å²) in [7, 11) is 1.65. The minimum Gasteiger partial charge on any atom is -0.497 e. The summed E-state index contributed by atoms with van der Waals surface area (Å²) in [6.45, 7) is 2.09. The van der Waals surface area contributed by atoms with E-state index in [-0.39, 0.29) is 0 Å². The summed E-state index contributed by atoms with van der Waals surface area (Å²) in [5, 5.41) is 9.10. The molecule has 1 saturated heterocycles. The van der Waals surface area contributed by atoms with Crippen molar-refractivity contribution in [2.75, 3.05) is 25.1 Å². The van der Waals surface area contributed by atoms with Crippen LogP contribution in [-0.2, 0) is 0 Å². The molecule has 0 aromatic heterocycles. The summed E-state index contributed by atoms with van der Waals surface area (Å²) in [4.78, 5) is 2.28. The van der Waals surface area contributed by atoms with Gasteiger partial charge in [-0.2, -0.15) is 5.26 Å². The van der Waals surface area contributed by atoms with Gasteiger partial charge in [-0.25, -0.2) is 0 Å². The second-order valence-corrected chi connectivity index (χ2v) is 4.04. The summed E-state index contributed by atoms with van der Waals surface area (Å²) >= 11 is 0. The first kappa shape index (κ1) is 10.8. The van der Waals surface area contributed by atoms with Crippen molar-refractivity contribution in [3.63, 3.8) is 0 Å². The smallest absolute Gasteiger partial charge is 0.121 e. The largest absolute Gasteiger partial charge is 0.497 e. The number of ether oxygens (including phenoxy) is 1. The van der Waals surface area contributed by atoms with E-state index in [0.29, 0.717) is 0 Å². The van der Waals surface area contributed by atoms with Crippen molar-refractivity contribution >= 4 is 5.69 Å². The van der Waals surface area contributed by atoms with E-state index < -0.39 is 0 Å². The Bertz CT molecular complexity index is 403. The molecule has 84 valence electrons. The average Bonchev–Trinajstić information content (AvgIpc) is 2.39. The summed E-state index contributed by atoms with van der Waals surface area (Å²) < 4.78 is 5.21. The fourth-order valence-corrected chi connectivity index (χ4v) is 2.13. The summed E-state index contributed by atoms with van der Waals surface area (Å²) in [6, 6.07) is 7.88. The quantitative estimate of drug-likeness (QED) is 0.762. The number of hydrogen-bond donors (Lipinski definition) is 0. The molecule has 2 rings (SSSR count). The van der Waals surface area contributed by atoms with Crippen LogP contribution in [-0.4, -0.2) is 20.2 Å². The number of benzene rings is 1. The van der Waals surface area contributed by atoms with E-state index in [2.05, 4.69) is 11.0 Å². The van der Waals surface area contributed by atoms with Gasteiger partial charge in [-0.1, -0.05) is 0 Å². The zero-order chi connectivity index (χ0) is 11.4. The topological polar surface area (TPSA) is 36.3 Å². The maximum Gasteiger partial charge on any atom is 0.121 e. The van der Waals surface area contributed by atoms with Gasteiger partial charge in [0.05, 0.1) is 18.4 Å². The first-order valence-corrected chi connectivity index (χ1v) is 5.68. The molecule has 1 aliphatic rings. The zero-order valence-electron chi connectivity index (χ0n) is 9.57. The first-order valence-electron chi connectivity index (χ1n) is 5.68. The third kappa shape index (κ3) is 2.11. The van der Waals surface area contributed by atoms with E-state index in [9.17, 15) is 0 Å². The Labute approximate surface area is 96.2 Å². The number of rotatable bonds is 2. The molecule has 1 aliphatic heterocycles. The molecule has 1 fully saturated rings. The maximum atomic E-state index is 9.10. The van der Waals surface area contributed by atoms with Crippen molar-refractivity contribution in [1.29, 1.82) is 5.26 Å². The Morgan fingerprint density at radius 2 is 2.00 bits per heavy atom. The predicted molar refractivity (Wildman–Crippen MR) is 63.8 cm³/mol. The lowest BCUT2D eigenvalue weighted by Gasteiger charge is -2.29. The molecule has 3 heteroatoms. The van der Waals surface area contributed by atoms with Crippen LogP contribution in [0.4, 0.5) is 5.69 Å². The van der Waals surface area contributed by atoms with Crippen LogP contribution in [0.3, 0.4) is 0 Å². The lowest BCUT2D eigenvalue weighted by atomic mass is 10.1. The van der Waals surface area contributed by atoms with Crippen LogP contribution < -0.4 is 9.64 Å². The van der Waals surface area contributed by atoms with Crippen LogP contribution in [0.5, 0.6) is 5.75 Å². The van der Waals surface area contributed by atoms with Crippen LogP contribution in [0, 0.1) is 11.3 Å². The highest BCUT2D eigenvalue weighted by atomic mass is 16.5. The summed E-state index contributed by atoms with van der Waals surface area (Å²) in [5.74, 6) is 0.819. The van der Waals surface area contributed by atoms with E-state index in [1.165, 1.54) is 19.3 Å². The summed E-state index contributed by atoms with van der Waals surface area (Å²) in [5.41, 5.74) is 1.75. The SMILES string of the molecule is COc1ccc(C#N)c(N2CCCCC2)c1. The number of piperidine rings is 1. The van der Waals surface area contributed by atoms with Crippen LogP contribution >= 0.6 is 0 Å². The molecule has 0 bridgehead atoms. The van der Waals surface area contributed by atoms with Crippen LogP contribution in [0.25, 0.3) is 0 Å². The number of anilines is 1. The van der Waals surface area contributed by atoms with Gasteiger partial charge in [0.25, 0.3) is 0 Å². The van der Waals surface area contributed by atoms with Gasteiger partial charge in [-0.3, -0.25) is 0 Å². The van der Waals surface area contributed by atoms with Gasteiger partial charge in [0.15, 0.2) is 0 Å². The molecule has 0 N–H and O–H groups in total. The minimum absolute atomic E-state index is 0.739. The van der Waals surface area contributed by atoms with Crippen molar-refractivity contribution in [1.82, 2.24) is 0 Å². The third-order valence-electron chi connectivity index (χ3n) is 3.02. The minimum atomic E-state index is 0.739. The van der Waals surface area contributed by atoms with Crippen molar-refractivity contribution < 1.29 is 4.74 Å². The molecule has 1 aromatic carbocycles. The number of nitriles is 1. The van der Waals surface area contributed by atoms with Crippen LogP contribution in [0.1, 0.15) is 24.8 Å². The zero-order valence-corrected chi connectivity index (χ0v) is 9.57. The van der Waals surface area contributed by atoms with Crippen molar-refractivity contribution in [2.24, 2.45) is 0 Å². The lowest BCUT2D eigenvalue weighted by Crippen LogP contribution is -2.30. The molecule has 0 radical (unpaired) electrons. The van der Waals surface area contributed by atoms with Gasteiger partial charge < -0.3 is 9.64 Å². The molecular formula is C13H16N2O. The third-order valence-corrected chi connectivity index (χ3v) is 3.02. The Morgan fingerprint density at radius 1 is 1.25 bits per heavy atom. The first-order chi connectivity index (χ1) is 7.85. The predicted octanol–water partition coefficient (Wildman–Crippen LogP) is 2.56. The molecule has 0 amide bonds. The standard InChI is InChI=1S/C13H16N2O/c1-16-12-6-5-11(10-14)13(9-12)15-7-3-2-4-8-15/h5-6,9H,2-4,7-8H2,1H3. The molecule has 3 nitrogen and oxygen atoms in total. The van der Waals surface area contributed by atoms with Crippen LogP contribution in [0.2, 0.25) is 0 Å². The van der Waals surface area contributed by atoms with Crippen molar-refractivity contribution in [3.05, 3.63) is 23.8 Å². The number of nitrogens with zero attached hydrogens (tertiary/aromatic N) is 2. The normalized spacial score (nSPS) is 15.6. The molecule has 16 heavy (non-hydrogen) atoms. The molecule has 0 saturated carbocycles. The lowest BCUT2D eigenvalue weighted by molar-refractivity contribution is 0.414. The molecule has 1 aromatic rings. The Balaban J connectivity index is 2.32. The van der Waals surface area contributed by atoms with Crippen LogP contribution in [0.15, 0.2) is 18.2 Å². The van der Waals surface area contributed by atoms with Crippen molar-refractivity contribution in [3.8, 4) is 11.8 Å². The van der Waals surface area contributed by atoms with Crippen molar-refractivity contribution in [2.45, 2.75) is 19.3 Å². The summed E-state index contributed by atoms with van der Waals surface area (Å²) in [6.07, 6.45) is 3.71. The van der Waals surface area contributed by atoms with Gasteiger partial charge in [-0.05, 0) is 31.4 Å². The number of hydrogen-bond acceptors (Lipinski definition) is 3. The van der Waals surface area contributed by atoms with E-state index in [1.54, 1.807) is 7.11 Å². The molecule has 0 spiro atoms. The van der Waals surface area contributed by atoms with E-state index in [0.717, 1.165) is 30.1 Å². The highest BCUT2D eigenvalue weighted by molar-refractivity contribution is 5.62. The fourth-order valence-electron chi connectivity index (χ4n) is 2.13. The fraction of sp³-hybridized carbons (Fsp3) is 0.462. The molecule has 0 atom stereocenters. The van der Waals surface area contributed by atoms with Gasteiger partial charge in [0, 0.05) is 19.2 Å². The second-order valence-electron chi connectivity index (χ2n) is 4.04. The highest BCUT2D eigenvalue weighted by Crippen LogP contribution is 2.27. The highest BCUT2D eigenvalue weighted by Gasteiger charge is 2.15. The Kier molecular flexibility index (Phi) is 3.31.